The summed E-state index contributed by atoms with van der Waals surface area (Å²) in [6.45, 7) is 13.8. The van der Waals surface area contributed by atoms with Crippen molar-refractivity contribution in [2.75, 3.05) is 26.2 Å². The molecule has 0 radical (unpaired) electrons. The second-order valence-electron chi connectivity index (χ2n) is 5.69. The quantitative estimate of drug-likeness (QED) is 0.459. The summed E-state index contributed by atoms with van der Waals surface area (Å²) < 4.78 is 4.83. The van der Waals surface area contributed by atoms with E-state index in [4.69, 9.17) is 4.74 Å². The van der Waals surface area contributed by atoms with E-state index in [0.29, 0.717) is 19.6 Å². The molecule has 8 nitrogen and oxygen atoms in total. The molecule has 8 heteroatoms. The van der Waals surface area contributed by atoms with Crippen LogP contribution < -0.4 is 0 Å². The summed E-state index contributed by atoms with van der Waals surface area (Å²) in [5.41, 5.74) is -0.461. The third kappa shape index (κ3) is 5.72. The Labute approximate surface area is 149 Å². The summed E-state index contributed by atoms with van der Waals surface area (Å²) in [4.78, 5) is 35.2. The molecule has 2 aliphatic rings. The van der Waals surface area contributed by atoms with Crippen molar-refractivity contribution in [3.8, 4) is 0 Å². The van der Waals surface area contributed by atoms with Gasteiger partial charge in [0.15, 0.2) is 0 Å². The van der Waals surface area contributed by atoms with Crippen LogP contribution in [0.1, 0.15) is 48.5 Å². The van der Waals surface area contributed by atoms with E-state index in [9.17, 15) is 19.5 Å². The normalized spacial score (nSPS) is 20.6. The third-order valence-corrected chi connectivity index (χ3v) is 3.96. The first-order chi connectivity index (χ1) is 11.7. The molecule has 2 saturated heterocycles. The molecule has 0 aromatic heterocycles. The molecule has 2 fully saturated rings. The minimum absolute atomic E-state index is 0.115. The molecule has 25 heavy (non-hydrogen) atoms. The van der Waals surface area contributed by atoms with Crippen LogP contribution in [-0.2, 0) is 19.1 Å². The summed E-state index contributed by atoms with van der Waals surface area (Å²) in [6, 6.07) is 0. The number of carboxylic acid groups (broad SMARTS) is 1. The molecule has 144 valence electrons. The van der Waals surface area contributed by atoms with Gasteiger partial charge in [-0.15, -0.1) is 5.10 Å². The van der Waals surface area contributed by atoms with E-state index in [1.807, 2.05) is 27.7 Å². The zero-order valence-electron chi connectivity index (χ0n) is 16.3. The molecule has 2 rings (SSSR count). The van der Waals surface area contributed by atoms with Gasteiger partial charge in [0.25, 0.3) is 0 Å². The van der Waals surface area contributed by atoms with Crippen LogP contribution >= 0.6 is 0 Å². The standard InChI is InChI=1S/C13H19N3O5.2C2H6/c1-8(21-10(3)18)14-16-6-13(7-16)5-15(9(2)17)4-11(13)12(19)20;2*1-2/h11H,4-7H2,1-3H3,(H,19,20);2*1-2H3/b14-8+;;/t11-;;/m0../s1. The Balaban J connectivity index is 0.00000134. The van der Waals surface area contributed by atoms with Crippen molar-refractivity contribution in [1.29, 1.82) is 0 Å². The van der Waals surface area contributed by atoms with Crippen LogP contribution in [0, 0.1) is 11.3 Å². The first-order valence-electron chi connectivity index (χ1n) is 8.70. The van der Waals surface area contributed by atoms with Gasteiger partial charge in [0.1, 0.15) is 0 Å². The van der Waals surface area contributed by atoms with Gasteiger partial charge in [-0.25, -0.2) is 0 Å². The van der Waals surface area contributed by atoms with Gasteiger partial charge in [0.05, 0.1) is 5.92 Å². The average Bonchev–Trinajstić information content (AvgIpc) is 2.91. The van der Waals surface area contributed by atoms with Crippen molar-refractivity contribution in [2.45, 2.75) is 48.5 Å². The van der Waals surface area contributed by atoms with Crippen molar-refractivity contribution in [3.05, 3.63) is 0 Å². The summed E-state index contributed by atoms with van der Waals surface area (Å²) in [5, 5.41) is 15.1. The highest BCUT2D eigenvalue weighted by Crippen LogP contribution is 2.44. The fourth-order valence-corrected chi connectivity index (χ4v) is 3.05. The highest BCUT2D eigenvalue weighted by molar-refractivity contribution is 5.86. The van der Waals surface area contributed by atoms with Gasteiger partial charge in [0.2, 0.25) is 11.8 Å². The lowest BCUT2D eigenvalue weighted by Crippen LogP contribution is -2.59. The lowest BCUT2D eigenvalue weighted by molar-refractivity contribution is -0.149. The number of carboxylic acids is 1. The molecular formula is C17H31N3O5. The topological polar surface area (TPSA) is 99.5 Å². The number of hydrogen-bond acceptors (Lipinski definition) is 6. The summed E-state index contributed by atoms with van der Waals surface area (Å²) in [5.74, 6) is -1.80. The van der Waals surface area contributed by atoms with Crippen molar-refractivity contribution >= 4 is 23.7 Å². The van der Waals surface area contributed by atoms with Crippen LogP contribution in [0.5, 0.6) is 0 Å². The van der Waals surface area contributed by atoms with Crippen LogP contribution in [0.15, 0.2) is 5.10 Å². The lowest BCUT2D eigenvalue weighted by atomic mass is 9.72. The zero-order valence-corrected chi connectivity index (χ0v) is 16.3. The van der Waals surface area contributed by atoms with Crippen LogP contribution in [0.4, 0.5) is 0 Å². The van der Waals surface area contributed by atoms with Gasteiger partial charge in [-0.1, -0.05) is 27.7 Å². The third-order valence-electron chi connectivity index (χ3n) is 3.96. The highest BCUT2D eigenvalue weighted by Gasteiger charge is 2.57. The second kappa shape index (κ2) is 10.0. The molecule has 2 aliphatic heterocycles. The van der Waals surface area contributed by atoms with Gasteiger partial charge in [-0.2, -0.15) is 0 Å². The number of aliphatic carboxylic acids is 1. The second-order valence-corrected chi connectivity index (χ2v) is 5.69. The van der Waals surface area contributed by atoms with E-state index in [1.165, 1.54) is 13.8 Å². The van der Waals surface area contributed by atoms with Crippen LogP contribution in [0.2, 0.25) is 0 Å². The number of rotatable bonds is 2. The van der Waals surface area contributed by atoms with Gasteiger partial charge in [-0.05, 0) is 0 Å². The smallest absolute Gasteiger partial charge is 0.309 e. The fourth-order valence-electron chi connectivity index (χ4n) is 3.05. The Morgan fingerprint density at radius 1 is 1.04 bits per heavy atom. The van der Waals surface area contributed by atoms with Crippen molar-refractivity contribution < 1.29 is 24.2 Å². The molecule has 0 aliphatic carbocycles. The SMILES string of the molecule is CC.CC.CC(=O)O/C(C)=N/N1CC2(C1)CN(C(C)=O)C[C@H]2C(=O)O. The Morgan fingerprint density at radius 2 is 1.56 bits per heavy atom. The number of amides is 1. The minimum Gasteiger partial charge on any atom is -0.481 e. The van der Waals surface area contributed by atoms with E-state index >= 15 is 0 Å². The molecule has 1 atom stereocenters. The Morgan fingerprint density at radius 3 is 1.96 bits per heavy atom. The number of hydrogen-bond donors (Lipinski definition) is 1. The summed E-state index contributed by atoms with van der Waals surface area (Å²) >= 11 is 0. The molecule has 0 bridgehead atoms. The Bertz CT molecular complexity index is 512. The molecule has 0 aromatic carbocycles. The maximum Gasteiger partial charge on any atom is 0.309 e. The number of nitrogens with zero attached hydrogens (tertiary/aromatic N) is 3. The van der Waals surface area contributed by atoms with Crippen molar-refractivity contribution in [3.63, 3.8) is 0 Å². The van der Waals surface area contributed by atoms with E-state index in [0.717, 1.165) is 0 Å². The van der Waals surface area contributed by atoms with Gasteiger partial charge in [0, 0.05) is 52.4 Å². The van der Waals surface area contributed by atoms with E-state index < -0.39 is 23.3 Å². The molecule has 0 saturated carbocycles. The number of carbonyl (C=O) groups excluding carboxylic acids is 2. The van der Waals surface area contributed by atoms with Gasteiger partial charge in [-0.3, -0.25) is 19.4 Å². The molecule has 1 N–H and O–H groups in total. The zero-order chi connectivity index (χ0) is 19.8. The first kappa shape index (κ1) is 22.9. The predicted molar refractivity (Wildman–Crippen MR) is 95.0 cm³/mol. The Hall–Kier alpha value is -2.12. The van der Waals surface area contributed by atoms with E-state index in [2.05, 4.69) is 5.10 Å². The molecule has 0 unspecified atom stereocenters. The Kier molecular flexibility index (Phi) is 9.16. The molecule has 2 heterocycles. The minimum atomic E-state index is -0.890. The number of likely N-dealkylation sites (tertiary alicyclic amines) is 1. The maximum atomic E-state index is 11.5. The first-order valence-corrected chi connectivity index (χ1v) is 8.70. The molecule has 1 spiro atoms. The maximum absolute atomic E-state index is 11.5. The van der Waals surface area contributed by atoms with E-state index in [1.54, 1.807) is 16.8 Å². The summed E-state index contributed by atoms with van der Waals surface area (Å²) in [6.07, 6.45) is 0. The summed E-state index contributed by atoms with van der Waals surface area (Å²) in [7, 11) is 0. The van der Waals surface area contributed by atoms with E-state index in [-0.39, 0.29) is 18.3 Å². The number of carbonyl (C=O) groups is 3. The average molecular weight is 357 g/mol. The number of esters is 1. The largest absolute Gasteiger partial charge is 0.481 e. The van der Waals surface area contributed by atoms with Crippen molar-refractivity contribution in [2.24, 2.45) is 16.4 Å². The molecular weight excluding hydrogens is 326 g/mol. The van der Waals surface area contributed by atoms with Crippen LogP contribution in [0.3, 0.4) is 0 Å². The number of ether oxygens (including phenoxy) is 1. The van der Waals surface area contributed by atoms with Gasteiger partial charge >= 0.3 is 11.9 Å². The monoisotopic (exact) mass is 357 g/mol. The number of hydrazone groups is 1. The predicted octanol–water partition coefficient (Wildman–Crippen LogP) is 1.80. The van der Waals surface area contributed by atoms with Crippen molar-refractivity contribution in [1.82, 2.24) is 9.91 Å². The van der Waals surface area contributed by atoms with Crippen LogP contribution in [0.25, 0.3) is 0 Å². The fraction of sp³-hybridized carbons (Fsp3) is 0.765. The molecule has 1 amide bonds. The highest BCUT2D eigenvalue weighted by atomic mass is 16.5. The van der Waals surface area contributed by atoms with Gasteiger partial charge < -0.3 is 14.7 Å². The lowest BCUT2D eigenvalue weighted by Gasteiger charge is -2.48. The van der Waals surface area contributed by atoms with Crippen LogP contribution in [-0.4, -0.2) is 64.9 Å². The molecule has 0 aromatic rings.